The predicted molar refractivity (Wildman–Crippen MR) is 224 cm³/mol. The second-order valence-corrected chi connectivity index (χ2v) is 15.5. The van der Waals surface area contributed by atoms with Crippen molar-refractivity contribution in [2.75, 3.05) is 13.2 Å². The molecule has 0 amide bonds. The van der Waals surface area contributed by atoms with Crippen LogP contribution in [0.1, 0.15) is 245 Å². The van der Waals surface area contributed by atoms with Crippen LogP contribution < -0.4 is 0 Å². The summed E-state index contributed by atoms with van der Waals surface area (Å²) in [5.41, 5.74) is 0. The van der Waals surface area contributed by atoms with Crippen molar-refractivity contribution in [3.05, 3.63) is 24.3 Å². The molecular formula is C47H88O5. The first-order chi connectivity index (χ1) is 25.6. The maximum absolute atomic E-state index is 12.2. The number of carbonyl (C=O) groups excluding carboxylic acids is 2. The molecule has 0 aromatic heterocycles. The smallest absolute Gasteiger partial charge is 0.306 e. The normalized spacial score (nSPS) is 12.3. The number of esters is 2. The van der Waals surface area contributed by atoms with E-state index in [-0.39, 0.29) is 25.2 Å². The highest BCUT2D eigenvalue weighted by molar-refractivity contribution is 5.70. The van der Waals surface area contributed by atoms with Gasteiger partial charge in [-0.3, -0.25) is 9.59 Å². The van der Waals surface area contributed by atoms with Crippen LogP contribution in [-0.4, -0.2) is 36.4 Å². The summed E-state index contributed by atoms with van der Waals surface area (Å²) in [6.07, 6.45) is 52.6. The van der Waals surface area contributed by atoms with E-state index in [0.29, 0.717) is 12.8 Å². The van der Waals surface area contributed by atoms with E-state index in [1.165, 1.54) is 167 Å². The highest BCUT2D eigenvalue weighted by Crippen LogP contribution is 2.15. The minimum Gasteiger partial charge on any atom is -0.462 e. The number of rotatable bonds is 42. The number of carbonyl (C=O) groups is 2. The molecule has 0 aromatic rings. The molecule has 0 rings (SSSR count). The summed E-state index contributed by atoms with van der Waals surface area (Å²) in [7, 11) is 0. The monoisotopic (exact) mass is 733 g/mol. The van der Waals surface area contributed by atoms with E-state index in [9.17, 15) is 14.7 Å². The molecule has 1 atom stereocenters. The number of ether oxygens (including phenoxy) is 2. The molecule has 5 heteroatoms. The zero-order chi connectivity index (χ0) is 37.8. The van der Waals surface area contributed by atoms with Crippen LogP contribution in [0.5, 0.6) is 0 Å². The Labute approximate surface area is 323 Å². The lowest BCUT2D eigenvalue weighted by Gasteiger charge is -2.15. The Kier molecular flexibility index (Phi) is 42.4. The molecule has 0 radical (unpaired) electrons. The van der Waals surface area contributed by atoms with Crippen molar-refractivity contribution in [1.82, 2.24) is 0 Å². The van der Waals surface area contributed by atoms with E-state index in [2.05, 4.69) is 38.2 Å². The maximum Gasteiger partial charge on any atom is 0.306 e. The summed E-state index contributed by atoms with van der Waals surface area (Å²) in [6.45, 7) is 4.14. The summed E-state index contributed by atoms with van der Waals surface area (Å²) in [6, 6.07) is 0. The van der Waals surface area contributed by atoms with Crippen LogP contribution in [0, 0.1) is 0 Å². The van der Waals surface area contributed by atoms with Crippen LogP contribution in [0.15, 0.2) is 24.3 Å². The number of unbranched alkanes of at least 4 members (excludes halogenated alkanes) is 30. The van der Waals surface area contributed by atoms with Gasteiger partial charge in [-0.05, 0) is 64.2 Å². The van der Waals surface area contributed by atoms with Crippen LogP contribution in [0.2, 0.25) is 0 Å². The van der Waals surface area contributed by atoms with Crippen LogP contribution >= 0.6 is 0 Å². The molecule has 0 aliphatic rings. The van der Waals surface area contributed by atoms with Crippen molar-refractivity contribution in [3.8, 4) is 0 Å². The molecule has 306 valence electrons. The first kappa shape index (κ1) is 50.4. The number of hydrogen-bond donors (Lipinski definition) is 1. The number of aliphatic hydroxyl groups excluding tert-OH is 1. The molecule has 0 heterocycles. The van der Waals surface area contributed by atoms with E-state index in [0.717, 1.165) is 51.4 Å². The highest BCUT2D eigenvalue weighted by atomic mass is 16.6. The summed E-state index contributed by atoms with van der Waals surface area (Å²) in [4.78, 5) is 24.3. The number of allylic oxidation sites excluding steroid dienone is 4. The fourth-order valence-corrected chi connectivity index (χ4v) is 6.72. The molecule has 0 spiro atoms. The minimum atomic E-state index is -0.776. The molecule has 0 aromatic carbocycles. The highest BCUT2D eigenvalue weighted by Gasteiger charge is 2.16. The largest absolute Gasteiger partial charge is 0.462 e. The fraction of sp³-hybridized carbons (Fsp3) is 0.872. The molecule has 1 N–H and O–H groups in total. The van der Waals surface area contributed by atoms with Crippen molar-refractivity contribution in [3.63, 3.8) is 0 Å². The van der Waals surface area contributed by atoms with Crippen molar-refractivity contribution in [1.29, 1.82) is 0 Å². The molecule has 0 aliphatic carbocycles. The van der Waals surface area contributed by atoms with E-state index in [4.69, 9.17) is 9.47 Å². The zero-order valence-electron chi connectivity index (χ0n) is 34.8. The Morgan fingerprint density at radius 1 is 0.423 bits per heavy atom. The SMILES string of the molecule is CCCCCCCCC=CCCCCCCCC(=O)OC(CO)COC(=O)CCCCCCCC=CCCCCCCCCCCCCCCCC. The molecule has 0 bridgehead atoms. The molecule has 52 heavy (non-hydrogen) atoms. The van der Waals surface area contributed by atoms with Gasteiger partial charge in [-0.2, -0.15) is 0 Å². The second kappa shape index (κ2) is 43.8. The van der Waals surface area contributed by atoms with Gasteiger partial charge in [0.2, 0.25) is 0 Å². The van der Waals surface area contributed by atoms with Crippen molar-refractivity contribution in [2.45, 2.75) is 251 Å². The summed E-state index contributed by atoms with van der Waals surface area (Å²) < 4.78 is 10.6. The van der Waals surface area contributed by atoms with Gasteiger partial charge in [-0.15, -0.1) is 0 Å². The minimum absolute atomic E-state index is 0.0703. The summed E-state index contributed by atoms with van der Waals surface area (Å²) in [5.74, 6) is -0.601. The molecule has 5 nitrogen and oxygen atoms in total. The molecule has 0 fully saturated rings. The zero-order valence-corrected chi connectivity index (χ0v) is 34.8. The van der Waals surface area contributed by atoms with Gasteiger partial charge < -0.3 is 14.6 Å². The Hall–Kier alpha value is -1.62. The number of hydrogen-bond acceptors (Lipinski definition) is 5. The topological polar surface area (TPSA) is 72.8 Å². The first-order valence-corrected chi connectivity index (χ1v) is 22.9. The van der Waals surface area contributed by atoms with E-state index >= 15 is 0 Å². The van der Waals surface area contributed by atoms with Crippen LogP contribution in [-0.2, 0) is 19.1 Å². The molecular weight excluding hydrogens is 645 g/mol. The van der Waals surface area contributed by atoms with E-state index < -0.39 is 6.10 Å². The maximum atomic E-state index is 12.2. The third-order valence-corrected chi connectivity index (χ3v) is 10.2. The lowest BCUT2D eigenvalue weighted by molar-refractivity contribution is -0.161. The first-order valence-electron chi connectivity index (χ1n) is 22.9. The summed E-state index contributed by atoms with van der Waals surface area (Å²) in [5, 5.41) is 9.58. The van der Waals surface area contributed by atoms with Gasteiger partial charge in [-0.1, -0.05) is 192 Å². The third-order valence-electron chi connectivity index (χ3n) is 10.2. The second-order valence-electron chi connectivity index (χ2n) is 15.5. The molecule has 0 saturated carbocycles. The van der Waals surface area contributed by atoms with Gasteiger partial charge in [-0.25, -0.2) is 0 Å². The van der Waals surface area contributed by atoms with Crippen LogP contribution in [0.4, 0.5) is 0 Å². The van der Waals surface area contributed by atoms with Gasteiger partial charge in [0.05, 0.1) is 6.61 Å². The Morgan fingerprint density at radius 3 is 1.04 bits per heavy atom. The number of aliphatic hydroxyl groups is 1. The van der Waals surface area contributed by atoms with Gasteiger partial charge in [0.15, 0.2) is 6.10 Å². The third kappa shape index (κ3) is 41.1. The van der Waals surface area contributed by atoms with Crippen LogP contribution in [0.3, 0.4) is 0 Å². The average Bonchev–Trinajstić information content (AvgIpc) is 3.15. The lowest BCUT2D eigenvalue weighted by Crippen LogP contribution is -2.28. The van der Waals surface area contributed by atoms with E-state index in [1.54, 1.807) is 0 Å². The quantitative estimate of drug-likeness (QED) is 0.0384. The Morgan fingerprint density at radius 2 is 0.712 bits per heavy atom. The average molecular weight is 733 g/mol. The molecule has 0 saturated heterocycles. The fourth-order valence-electron chi connectivity index (χ4n) is 6.72. The predicted octanol–water partition coefficient (Wildman–Crippen LogP) is 14.6. The van der Waals surface area contributed by atoms with E-state index in [1.807, 2.05) is 0 Å². The van der Waals surface area contributed by atoms with Crippen molar-refractivity contribution < 1.29 is 24.2 Å². The van der Waals surface area contributed by atoms with Crippen LogP contribution in [0.25, 0.3) is 0 Å². The van der Waals surface area contributed by atoms with Crippen molar-refractivity contribution in [2.24, 2.45) is 0 Å². The van der Waals surface area contributed by atoms with Gasteiger partial charge >= 0.3 is 11.9 Å². The van der Waals surface area contributed by atoms with Gasteiger partial charge in [0, 0.05) is 12.8 Å². The molecule has 0 aliphatic heterocycles. The molecule has 1 unspecified atom stereocenters. The summed E-state index contributed by atoms with van der Waals surface area (Å²) >= 11 is 0. The lowest BCUT2D eigenvalue weighted by atomic mass is 10.0. The van der Waals surface area contributed by atoms with Gasteiger partial charge in [0.1, 0.15) is 6.61 Å². The Balaban J connectivity index is 3.50. The Bertz CT molecular complexity index is 791. The van der Waals surface area contributed by atoms with Gasteiger partial charge in [0.25, 0.3) is 0 Å². The standard InChI is InChI=1S/C47H88O5/c1-3-5-7-9-11-13-15-17-19-20-21-22-23-24-25-26-28-29-31-33-35-37-39-41-46(49)51-44-45(43-48)52-47(50)42-40-38-36-34-32-30-27-18-16-14-12-10-8-6-4-2/h18,26-28,45,48H,3-17,19-25,29-44H2,1-2H3. The van der Waals surface area contributed by atoms with Crippen molar-refractivity contribution >= 4 is 11.9 Å².